The van der Waals surface area contributed by atoms with Gasteiger partial charge in [-0.05, 0) is 29.3 Å². The van der Waals surface area contributed by atoms with E-state index >= 15 is 0 Å². The van der Waals surface area contributed by atoms with Crippen molar-refractivity contribution in [3.63, 3.8) is 0 Å². The van der Waals surface area contributed by atoms with Crippen LogP contribution in [0.1, 0.15) is 34.6 Å². The van der Waals surface area contributed by atoms with E-state index in [0.29, 0.717) is 6.61 Å². The first-order chi connectivity index (χ1) is 14.3. The maximum absolute atomic E-state index is 7.18. The van der Waals surface area contributed by atoms with Gasteiger partial charge in [0, 0.05) is 7.11 Å². The third kappa shape index (κ3) is 3.19. The Hall–Kier alpha value is -1.50. The van der Waals surface area contributed by atoms with Crippen molar-refractivity contribution in [1.82, 2.24) is 0 Å². The number of fused-ring (bicyclic) bond motifs is 2. The predicted octanol–water partition coefficient (Wildman–Crippen LogP) is 3.52. The molecule has 4 nitrogen and oxygen atoms in total. The largest absolute Gasteiger partial charge is 0.404 e. The van der Waals surface area contributed by atoms with Crippen LogP contribution in [0.25, 0.3) is 0 Å². The van der Waals surface area contributed by atoms with Crippen molar-refractivity contribution in [2.45, 2.75) is 69.7 Å². The van der Waals surface area contributed by atoms with Crippen molar-refractivity contribution in [3.8, 4) is 0 Å². The summed E-state index contributed by atoms with van der Waals surface area (Å²) in [6.45, 7) is 11.5. The van der Waals surface area contributed by atoms with Gasteiger partial charge in [0.15, 0.2) is 0 Å². The maximum Gasteiger partial charge on any atom is 0.261 e. The van der Waals surface area contributed by atoms with Gasteiger partial charge in [-0.3, -0.25) is 0 Å². The van der Waals surface area contributed by atoms with Crippen LogP contribution in [0.4, 0.5) is 0 Å². The molecule has 0 N–H and O–H groups in total. The molecule has 5 atom stereocenters. The lowest BCUT2D eigenvalue weighted by molar-refractivity contribution is -0.188. The summed E-state index contributed by atoms with van der Waals surface area (Å²) in [7, 11) is -0.899. The number of benzene rings is 2. The van der Waals surface area contributed by atoms with Gasteiger partial charge < -0.3 is 18.6 Å². The second-order valence-electron chi connectivity index (χ2n) is 9.63. The first-order valence-electron chi connectivity index (χ1n) is 10.9. The van der Waals surface area contributed by atoms with Crippen LogP contribution in [0.15, 0.2) is 60.7 Å². The first kappa shape index (κ1) is 21.7. The summed E-state index contributed by atoms with van der Waals surface area (Å²) in [5.74, 6) is 0. The highest BCUT2D eigenvalue weighted by molar-refractivity contribution is 6.99. The van der Waals surface area contributed by atoms with E-state index in [0.717, 1.165) is 0 Å². The third-order valence-electron chi connectivity index (χ3n) is 6.88. The molecule has 2 aromatic rings. The Morgan fingerprint density at radius 2 is 1.47 bits per heavy atom. The van der Waals surface area contributed by atoms with Crippen molar-refractivity contribution in [3.05, 3.63) is 60.7 Å². The fraction of sp³-hybridized carbons (Fsp3) is 0.520. The second-order valence-corrected chi connectivity index (χ2v) is 13.9. The smallest absolute Gasteiger partial charge is 0.261 e. The van der Waals surface area contributed by atoms with E-state index in [1.807, 2.05) is 0 Å². The fourth-order valence-corrected chi connectivity index (χ4v) is 10.0. The Labute approximate surface area is 181 Å². The van der Waals surface area contributed by atoms with Crippen LogP contribution in [-0.2, 0) is 18.6 Å². The molecule has 4 rings (SSSR count). The van der Waals surface area contributed by atoms with Gasteiger partial charge in [0.05, 0.1) is 18.8 Å². The number of methoxy groups -OCH3 is 1. The lowest BCUT2D eigenvalue weighted by atomic mass is 9.94. The molecule has 2 saturated heterocycles. The standard InChI is InChI=1S/C25H34O4Si/c1-18-22-23(26-6)25(29-18,19(2)28-22)17-27-30(24(3,4)5,20-13-9-7-10-14-20)21-15-11-8-12-16-21/h7-16,18-19,22-23H,17H2,1-6H3/t18-,19-,22-,23-,25-/m0/s1. The molecule has 2 heterocycles. The van der Waals surface area contributed by atoms with E-state index < -0.39 is 13.9 Å². The summed E-state index contributed by atoms with van der Waals surface area (Å²) < 4.78 is 25.8. The zero-order chi connectivity index (χ0) is 21.6. The molecule has 2 bridgehead atoms. The normalized spacial score (nSPS) is 31.3. The van der Waals surface area contributed by atoms with Gasteiger partial charge in [-0.25, -0.2) is 0 Å². The Bertz CT molecular complexity index is 811. The molecule has 5 heteroatoms. The van der Waals surface area contributed by atoms with E-state index in [-0.39, 0.29) is 29.5 Å². The third-order valence-corrected chi connectivity index (χ3v) is 11.9. The van der Waals surface area contributed by atoms with Crippen molar-refractivity contribution < 1.29 is 18.6 Å². The van der Waals surface area contributed by atoms with Gasteiger partial charge >= 0.3 is 0 Å². The summed E-state index contributed by atoms with van der Waals surface area (Å²) in [5, 5.41) is 2.45. The van der Waals surface area contributed by atoms with Crippen molar-refractivity contribution in [1.29, 1.82) is 0 Å². The Morgan fingerprint density at radius 3 is 1.93 bits per heavy atom. The van der Waals surface area contributed by atoms with Crippen molar-refractivity contribution >= 4 is 18.7 Å². The predicted molar refractivity (Wildman–Crippen MR) is 122 cm³/mol. The van der Waals surface area contributed by atoms with Crippen LogP contribution < -0.4 is 10.4 Å². The van der Waals surface area contributed by atoms with Crippen LogP contribution in [0, 0.1) is 0 Å². The molecule has 2 aromatic carbocycles. The van der Waals surface area contributed by atoms with Gasteiger partial charge in [-0.1, -0.05) is 81.4 Å². The van der Waals surface area contributed by atoms with E-state index in [4.69, 9.17) is 18.6 Å². The summed E-state index contributed by atoms with van der Waals surface area (Å²) in [6.07, 6.45) is -0.260. The minimum absolute atomic E-state index is 0.00564. The van der Waals surface area contributed by atoms with E-state index in [2.05, 4.69) is 95.3 Å². The van der Waals surface area contributed by atoms with Crippen molar-refractivity contribution in [2.24, 2.45) is 0 Å². The highest BCUT2D eigenvalue weighted by Crippen LogP contribution is 2.47. The molecule has 0 spiro atoms. The molecule has 0 unspecified atom stereocenters. The summed E-state index contributed by atoms with van der Waals surface area (Å²) in [5.41, 5.74) is -0.591. The second kappa shape index (κ2) is 7.88. The van der Waals surface area contributed by atoms with Gasteiger partial charge in [-0.15, -0.1) is 0 Å². The summed E-state index contributed by atoms with van der Waals surface area (Å²) >= 11 is 0. The van der Waals surface area contributed by atoms with Crippen LogP contribution in [0.5, 0.6) is 0 Å². The lowest BCUT2D eigenvalue weighted by Crippen LogP contribution is -2.68. The van der Waals surface area contributed by atoms with Crippen LogP contribution in [0.3, 0.4) is 0 Å². The average Bonchev–Trinajstić information content (AvgIpc) is 3.15. The monoisotopic (exact) mass is 426 g/mol. The summed E-state index contributed by atoms with van der Waals surface area (Å²) in [6, 6.07) is 21.4. The number of rotatable bonds is 6. The lowest BCUT2D eigenvalue weighted by Gasteiger charge is -2.46. The van der Waals surface area contributed by atoms with E-state index in [9.17, 15) is 0 Å². The van der Waals surface area contributed by atoms with Gasteiger partial charge in [0.25, 0.3) is 8.32 Å². The molecule has 2 aliphatic heterocycles. The number of hydrogen-bond donors (Lipinski definition) is 0. The van der Waals surface area contributed by atoms with Crippen LogP contribution >= 0.6 is 0 Å². The van der Waals surface area contributed by atoms with Gasteiger partial charge in [-0.2, -0.15) is 0 Å². The minimum Gasteiger partial charge on any atom is -0.404 e. The Balaban J connectivity index is 1.80. The van der Waals surface area contributed by atoms with Gasteiger partial charge in [0.1, 0.15) is 17.8 Å². The number of hydrogen-bond acceptors (Lipinski definition) is 4. The van der Waals surface area contributed by atoms with Crippen LogP contribution in [-0.4, -0.2) is 52.1 Å². The molecule has 0 aliphatic carbocycles. The highest BCUT2D eigenvalue weighted by atomic mass is 28.4. The first-order valence-corrected chi connectivity index (χ1v) is 12.8. The zero-order valence-electron chi connectivity index (χ0n) is 18.9. The average molecular weight is 427 g/mol. The van der Waals surface area contributed by atoms with E-state index in [1.165, 1.54) is 10.4 Å². The van der Waals surface area contributed by atoms with E-state index in [1.54, 1.807) is 7.11 Å². The molecule has 162 valence electrons. The van der Waals surface area contributed by atoms with Crippen LogP contribution in [0.2, 0.25) is 5.04 Å². The zero-order valence-corrected chi connectivity index (χ0v) is 19.9. The van der Waals surface area contributed by atoms with Crippen molar-refractivity contribution in [2.75, 3.05) is 13.7 Å². The number of ether oxygens (including phenoxy) is 3. The molecule has 0 amide bonds. The molecular formula is C25H34O4Si. The molecule has 0 aromatic heterocycles. The Morgan fingerprint density at radius 1 is 0.933 bits per heavy atom. The molecule has 0 radical (unpaired) electrons. The Kier molecular flexibility index (Phi) is 5.70. The summed E-state index contributed by atoms with van der Waals surface area (Å²) in [4.78, 5) is 0. The SMILES string of the molecule is CO[C@H]1[C@H]2O[C@@H](C)[C@]1(CO[Si](c1ccccc1)(c1ccccc1)C(C)(C)C)O[C@H]2C. The fourth-order valence-electron chi connectivity index (χ4n) is 5.41. The molecule has 0 saturated carbocycles. The maximum atomic E-state index is 7.18. The molecule has 30 heavy (non-hydrogen) atoms. The molecule has 2 fully saturated rings. The van der Waals surface area contributed by atoms with Gasteiger partial charge in [0.2, 0.25) is 0 Å². The quantitative estimate of drug-likeness (QED) is 0.663. The minimum atomic E-state index is -2.65. The highest BCUT2D eigenvalue weighted by Gasteiger charge is 2.66. The molecular weight excluding hydrogens is 392 g/mol. The topological polar surface area (TPSA) is 36.9 Å². The molecule has 2 aliphatic rings.